The molecule has 2 aromatic heterocycles. The zero-order valence-corrected chi connectivity index (χ0v) is 11.3. The summed E-state index contributed by atoms with van der Waals surface area (Å²) < 4.78 is 1.89. The average molecular weight is 263 g/mol. The van der Waals surface area contributed by atoms with Gasteiger partial charge in [-0.25, -0.2) is 9.97 Å². The molecule has 0 bridgehead atoms. The standard InChI is InChI=1S/C13H15ClN4/c1-3-9(4-2)12-17-11-7-10(14)8-16-13(11)18(12)6-5-15/h7-9H,3-4,6H2,1-2H3. The zero-order valence-electron chi connectivity index (χ0n) is 10.5. The molecule has 18 heavy (non-hydrogen) atoms. The van der Waals surface area contributed by atoms with Gasteiger partial charge in [-0.15, -0.1) is 0 Å². The highest BCUT2D eigenvalue weighted by atomic mass is 35.5. The highest BCUT2D eigenvalue weighted by molar-refractivity contribution is 6.31. The summed E-state index contributed by atoms with van der Waals surface area (Å²) >= 11 is 5.93. The molecule has 2 heterocycles. The summed E-state index contributed by atoms with van der Waals surface area (Å²) in [5.41, 5.74) is 1.50. The van der Waals surface area contributed by atoms with Crippen molar-refractivity contribution in [2.24, 2.45) is 0 Å². The summed E-state index contributed by atoms with van der Waals surface area (Å²) in [5.74, 6) is 1.29. The molecule has 0 unspecified atom stereocenters. The van der Waals surface area contributed by atoms with Crippen molar-refractivity contribution in [2.75, 3.05) is 0 Å². The SMILES string of the molecule is CCC(CC)c1nc2cc(Cl)cnc2n1CC#N. The van der Waals surface area contributed by atoms with Gasteiger partial charge < -0.3 is 0 Å². The van der Waals surface area contributed by atoms with Crippen molar-refractivity contribution in [3.05, 3.63) is 23.1 Å². The summed E-state index contributed by atoms with van der Waals surface area (Å²) in [7, 11) is 0. The number of fused-ring (bicyclic) bond motifs is 1. The van der Waals surface area contributed by atoms with Crippen LogP contribution in [0.3, 0.4) is 0 Å². The van der Waals surface area contributed by atoms with Crippen LogP contribution in [0.25, 0.3) is 11.2 Å². The van der Waals surface area contributed by atoms with Crippen LogP contribution >= 0.6 is 11.6 Å². The van der Waals surface area contributed by atoms with E-state index in [1.165, 1.54) is 0 Å². The summed E-state index contributed by atoms with van der Waals surface area (Å²) in [6.45, 7) is 4.53. The second-order valence-corrected chi connectivity index (χ2v) is 4.66. The Bertz CT molecular complexity index is 593. The molecule has 0 aromatic carbocycles. The molecule has 0 saturated heterocycles. The van der Waals surface area contributed by atoms with Gasteiger partial charge in [0.15, 0.2) is 5.65 Å². The molecule has 0 fully saturated rings. The van der Waals surface area contributed by atoms with Crippen LogP contribution in [0.2, 0.25) is 5.02 Å². The van der Waals surface area contributed by atoms with Crippen LogP contribution in [0.1, 0.15) is 38.4 Å². The molecule has 0 saturated carbocycles. The molecule has 5 heteroatoms. The molecule has 0 amide bonds. The van der Waals surface area contributed by atoms with Crippen LogP contribution in [-0.2, 0) is 6.54 Å². The van der Waals surface area contributed by atoms with E-state index in [4.69, 9.17) is 16.9 Å². The van der Waals surface area contributed by atoms with Gasteiger partial charge in [-0.1, -0.05) is 25.4 Å². The normalized spacial score (nSPS) is 11.1. The third-order valence-electron chi connectivity index (χ3n) is 3.16. The first kappa shape index (κ1) is 12.8. The molecule has 0 N–H and O–H groups in total. The topological polar surface area (TPSA) is 54.5 Å². The Hall–Kier alpha value is -1.60. The summed E-state index contributed by atoms with van der Waals surface area (Å²) in [4.78, 5) is 8.89. The molecule has 94 valence electrons. The third kappa shape index (κ3) is 2.19. The van der Waals surface area contributed by atoms with Gasteiger partial charge in [0.1, 0.15) is 17.9 Å². The molecule has 0 spiro atoms. The molecule has 4 nitrogen and oxygen atoms in total. The van der Waals surface area contributed by atoms with Crippen LogP contribution < -0.4 is 0 Å². The Balaban J connectivity index is 2.64. The Kier molecular flexibility index (Phi) is 3.83. The van der Waals surface area contributed by atoms with Gasteiger partial charge in [0.05, 0.1) is 11.1 Å². The van der Waals surface area contributed by atoms with Crippen molar-refractivity contribution in [1.82, 2.24) is 14.5 Å². The second-order valence-electron chi connectivity index (χ2n) is 4.22. The van der Waals surface area contributed by atoms with Crippen molar-refractivity contribution in [1.29, 1.82) is 5.26 Å². The van der Waals surface area contributed by atoms with Gasteiger partial charge in [0.2, 0.25) is 0 Å². The lowest BCUT2D eigenvalue weighted by atomic mass is 10.0. The molecular weight excluding hydrogens is 248 g/mol. The van der Waals surface area contributed by atoms with Gasteiger partial charge in [0, 0.05) is 12.1 Å². The number of rotatable bonds is 4. The maximum Gasteiger partial charge on any atom is 0.161 e. The maximum atomic E-state index is 8.95. The van der Waals surface area contributed by atoms with Gasteiger partial charge in [-0.2, -0.15) is 5.26 Å². The number of hydrogen-bond donors (Lipinski definition) is 0. The van der Waals surface area contributed by atoms with E-state index in [2.05, 4.69) is 29.9 Å². The first-order valence-electron chi connectivity index (χ1n) is 6.09. The molecule has 0 radical (unpaired) electrons. The van der Waals surface area contributed by atoms with E-state index in [0.717, 1.165) is 29.8 Å². The number of nitriles is 1. The number of imidazole rings is 1. The van der Waals surface area contributed by atoms with Crippen molar-refractivity contribution in [2.45, 2.75) is 39.2 Å². The third-order valence-corrected chi connectivity index (χ3v) is 3.37. The minimum Gasteiger partial charge on any atom is -0.298 e. The number of pyridine rings is 1. The number of nitrogens with zero attached hydrogens (tertiary/aromatic N) is 4. The lowest BCUT2D eigenvalue weighted by Gasteiger charge is -2.12. The highest BCUT2D eigenvalue weighted by Crippen LogP contribution is 2.26. The van der Waals surface area contributed by atoms with Crippen LogP contribution in [0.15, 0.2) is 12.3 Å². The lowest BCUT2D eigenvalue weighted by molar-refractivity contribution is 0.573. The number of hydrogen-bond acceptors (Lipinski definition) is 3. The molecule has 0 aliphatic rings. The monoisotopic (exact) mass is 262 g/mol. The first-order valence-corrected chi connectivity index (χ1v) is 6.47. The van der Waals surface area contributed by atoms with Crippen molar-refractivity contribution in [3.63, 3.8) is 0 Å². The van der Waals surface area contributed by atoms with Gasteiger partial charge in [-0.05, 0) is 18.9 Å². The zero-order chi connectivity index (χ0) is 13.1. The van der Waals surface area contributed by atoms with E-state index in [1.807, 2.05) is 4.57 Å². The van der Waals surface area contributed by atoms with E-state index in [1.54, 1.807) is 12.3 Å². The smallest absolute Gasteiger partial charge is 0.161 e. The van der Waals surface area contributed by atoms with Crippen LogP contribution in [0.4, 0.5) is 0 Å². The Morgan fingerprint density at radius 2 is 2.17 bits per heavy atom. The van der Waals surface area contributed by atoms with Gasteiger partial charge in [-0.3, -0.25) is 4.57 Å². The van der Waals surface area contributed by atoms with Crippen LogP contribution in [0, 0.1) is 11.3 Å². The fourth-order valence-corrected chi connectivity index (χ4v) is 2.35. The predicted octanol–water partition coefficient (Wildman–Crippen LogP) is 3.51. The fraction of sp³-hybridized carbons (Fsp3) is 0.462. The van der Waals surface area contributed by atoms with Crippen molar-refractivity contribution in [3.8, 4) is 6.07 Å². The van der Waals surface area contributed by atoms with E-state index in [0.29, 0.717) is 10.9 Å². The van der Waals surface area contributed by atoms with E-state index < -0.39 is 0 Å². The Morgan fingerprint density at radius 3 is 2.78 bits per heavy atom. The molecule has 2 rings (SSSR count). The largest absolute Gasteiger partial charge is 0.298 e. The van der Waals surface area contributed by atoms with Crippen molar-refractivity contribution >= 4 is 22.8 Å². The molecule has 0 atom stereocenters. The summed E-state index contributed by atoms with van der Waals surface area (Å²) in [6.07, 6.45) is 3.59. The first-order chi connectivity index (χ1) is 8.71. The maximum absolute atomic E-state index is 8.95. The molecule has 2 aromatic rings. The molecule has 0 aliphatic carbocycles. The van der Waals surface area contributed by atoms with Gasteiger partial charge in [0.25, 0.3) is 0 Å². The quantitative estimate of drug-likeness (QED) is 0.847. The summed E-state index contributed by atoms with van der Waals surface area (Å²) in [5, 5.41) is 9.52. The van der Waals surface area contributed by atoms with Crippen LogP contribution in [0.5, 0.6) is 0 Å². The van der Waals surface area contributed by atoms with Gasteiger partial charge >= 0.3 is 0 Å². The average Bonchev–Trinajstić information content (AvgIpc) is 2.70. The second kappa shape index (κ2) is 5.36. The molecular formula is C13H15ClN4. The molecule has 0 aliphatic heterocycles. The van der Waals surface area contributed by atoms with E-state index >= 15 is 0 Å². The number of aromatic nitrogens is 3. The van der Waals surface area contributed by atoms with Crippen LogP contribution in [-0.4, -0.2) is 14.5 Å². The predicted molar refractivity (Wildman–Crippen MR) is 71.5 cm³/mol. The van der Waals surface area contributed by atoms with E-state index in [9.17, 15) is 0 Å². The lowest BCUT2D eigenvalue weighted by Crippen LogP contribution is -2.08. The Morgan fingerprint density at radius 1 is 1.44 bits per heavy atom. The minimum absolute atomic E-state index is 0.275. The minimum atomic E-state index is 0.275. The highest BCUT2D eigenvalue weighted by Gasteiger charge is 2.18. The Labute approximate surface area is 111 Å². The van der Waals surface area contributed by atoms with Crippen molar-refractivity contribution < 1.29 is 0 Å². The summed E-state index contributed by atoms with van der Waals surface area (Å²) in [6, 6.07) is 3.97. The number of halogens is 1. The van der Waals surface area contributed by atoms with E-state index in [-0.39, 0.29) is 6.54 Å². The fourth-order valence-electron chi connectivity index (χ4n) is 2.20.